The van der Waals surface area contributed by atoms with Crippen molar-refractivity contribution < 1.29 is 19.1 Å². The van der Waals surface area contributed by atoms with Crippen LogP contribution in [-0.4, -0.2) is 42.7 Å². The van der Waals surface area contributed by atoms with Crippen molar-refractivity contribution in [3.8, 4) is 11.6 Å². The Hall–Kier alpha value is -3.17. The van der Waals surface area contributed by atoms with E-state index in [-0.39, 0.29) is 18.6 Å². The first kappa shape index (κ1) is 24.5. The number of ether oxygens (including phenoxy) is 2. The summed E-state index contributed by atoms with van der Waals surface area (Å²) in [5, 5.41) is 11.2. The van der Waals surface area contributed by atoms with Crippen molar-refractivity contribution in [2.45, 2.75) is 77.2 Å². The van der Waals surface area contributed by atoms with Gasteiger partial charge in [-0.05, 0) is 76.3 Å². The third-order valence-corrected chi connectivity index (χ3v) is 6.49. The summed E-state index contributed by atoms with van der Waals surface area (Å²) in [4.78, 5) is 22.2. The van der Waals surface area contributed by atoms with E-state index < -0.39 is 11.8 Å². The van der Waals surface area contributed by atoms with E-state index in [1.54, 1.807) is 27.0 Å². The van der Waals surface area contributed by atoms with Crippen LogP contribution in [-0.2, 0) is 22.7 Å². The quantitative estimate of drug-likeness (QED) is 0.418. The first-order valence-corrected chi connectivity index (χ1v) is 12.6. The number of hydrogen-bond acceptors (Lipinski definition) is 8. The lowest BCUT2D eigenvalue weighted by molar-refractivity contribution is -0.155. The van der Waals surface area contributed by atoms with Crippen LogP contribution in [0.25, 0.3) is 5.69 Å². The molecule has 0 spiro atoms. The Kier molecular flexibility index (Phi) is 6.85. The van der Waals surface area contributed by atoms with E-state index >= 15 is 0 Å². The average Bonchev–Trinajstić information content (AvgIpc) is 3.15. The normalized spacial score (nSPS) is 20.1. The van der Waals surface area contributed by atoms with Crippen LogP contribution in [0.1, 0.15) is 69.6 Å². The molecule has 1 saturated carbocycles. The molecule has 190 valence electrons. The van der Waals surface area contributed by atoms with Crippen LogP contribution in [0.5, 0.6) is 5.88 Å². The number of pyridine rings is 1. The fourth-order valence-electron chi connectivity index (χ4n) is 4.73. The van der Waals surface area contributed by atoms with Gasteiger partial charge in [0.25, 0.3) is 0 Å². The van der Waals surface area contributed by atoms with Gasteiger partial charge in [-0.3, -0.25) is 4.57 Å². The Morgan fingerprint density at radius 2 is 1.86 bits per heavy atom. The summed E-state index contributed by atoms with van der Waals surface area (Å²) in [6.45, 7) is 6.01. The molecule has 1 aliphatic carbocycles. The molecule has 2 aliphatic rings. The molecule has 0 saturated heterocycles. The van der Waals surface area contributed by atoms with E-state index in [4.69, 9.17) is 25.9 Å². The summed E-state index contributed by atoms with van der Waals surface area (Å²) in [5.41, 5.74) is 1.20. The summed E-state index contributed by atoms with van der Waals surface area (Å²) < 4.78 is 13.5. The summed E-state index contributed by atoms with van der Waals surface area (Å²) in [7, 11) is 0. The number of benzene rings is 1. The highest BCUT2D eigenvalue weighted by Crippen LogP contribution is 2.37. The standard InChI is InChI=1S/C26H30ClN5O4/c1-26(2,3)35-25(33)36-31-15-18-14-19(27)9-12-21(18)32-22(16-31)29-30-24(32)17-7-10-20(11-8-17)34-23-6-4-5-13-28-23/h4-6,9,12-14,17,20H,7-8,10-11,15-16H2,1-3H3/t17-,20+. The zero-order valence-corrected chi connectivity index (χ0v) is 21.4. The topological polar surface area (TPSA) is 91.6 Å². The van der Waals surface area contributed by atoms with Gasteiger partial charge in [-0.25, -0.2) is 9.78 Å². The molecular formula is C26H30ClN5O4. The molecule has 36 heavy (non-hydrogen) atoms. The Morgan fingerprint density at radius 3 is 2.58 bits per heavy atom. The van der Waals surface area contributed by atoms with Crippen molar-refractivity contribution in [2.24, 2.45) is 0 Å². The van der Waals surface area contributed by atoms with Gasteiger partial charge >= 0.3 is 6.16 Å². The maximum Gasteiger partial charge on any atom is 0.528 e. The molecule has 1 fully saturated rings. The van der Waals surface area contributed by atoms with Gasteiger partial charge in [0, 0.05) is 23.2 Å². The summed E-state index contributed by atoms with van der Waals surface area (Å²) >= 11 is 6.33. The van der Waals surface area contributed by atoms with Crippen LogP contribution in [0.4, 0.5) is 4.79 Å². The van der Waals surface area contributed by atoms with Crippen molar-refractivity contribution >= 4 is 17.8 Å². The lowest BCUT2D eigenvalue weighted by Gasteiger charge is -2.28. The zero-order chi connectivity index (χ0) is 25.3. The smallest absolute Gasteiger partial charge is 0.474 e. The van der Waals surface area contributed by atoms with Crippen molar-refractivity contribution in [3.63, 3.8) is 0 Å². The number of fused-ring (bicyclic) bond motifs is 3. The van der Waals surface area contributed by atoms with Gasteiger partial charge in [0.2, 0.25) is 5.88 Å². The number of halogens is 1. The van der Waals surface area contributed by atoms with Crippen LogP contribution >= 0.6 is 11.6 Å². The first-order valence-electron chi connectivity index (χ1n) is 12.2. The average molecular weight is 512 g/mol. The molecule has 0 unspecified atom stereocenters. The molecule has 3 heterocycles. The van der Waals surface area contributed by atoms with Crippen LogP contribution in [0.15, 0.2) is 42.6 Å². The molecule has 0 amide bonds. The van der Waals surface area contributed by atoms with Crippen LogP contribution in [0.2, 0.25) is 5.02 Å². The molecule has 0 N–H and O–H groups in total. The van der Waals surface area contributed by atoms with Gasteiger partial charge in [0.05, 0.1) is 18.8 Å². The summed E-state index contributed by atoms with van der Waals surface area (Å²) in [6.07, 6.45) is 4.78. The molecule has 2 aromatic heterocycles. The van der Waals surface area contributed by atoms with Crippen LogP contribution in [0.3, 0.4) is 0 Å². The number of hydroxylamine groups is 2. The zero-order valence-electron chi connectivity index (χ0n) is 20.7. The third-order valence-electron chi connectivity index (χ3n) is 6.26. The van der Waals surface area contributed by atoms with Crippen molar-refractivity contribution in [1.82, 2.24) is 24.8 Å². The second kappa shape index (κ2) is 10.1. The van der Waals surface area contributed by atoms with Crippen molar-refractivity contribution in [3.05, 3.63) is 64.8 Å². The molecule has 10 heteroatoms. The monoisotopic (exact) mass is 511 g/mol. The lowest BCUT2D eigenvalue weighted by atomic mass is 9.86. The Labute approximate surface area is 215 Å². The fraction of sp³-hybridized carbons (Fsp3) is 0.462. The molecule has 9 nitrogen and oxygen atoms in total. The van der Waals surface area contributed by atoms with Gasteiger partial charge in [0.1, 0.15) is 17.5 Å². The first-order chi connectivity index (χ1) is 17.2. The van der Waals surface area contributed by atoms with E-state index in [0.717, 1.165) is 42.8 Å². The summed E-state index contributed by atoms with van der Waals surface area (Å²) in [6, 6.07) is 11.4. The Morgan fingerprint density at radius 1 is 1.06 bits per heavy atom. The third kappa shape index (κ3) is 5.63. The molecular weight excluding hydrogens is 482 g/mol. The second-order valence-electron chi connectivity index (χ2n) is 10.2. The molecule has 0 atom stereocenters. The molecule has 0 radical (unpaired) electrons. The highest BCUT2D eigenvalue weighted by molar-refractivity contribution is 6.30. The van der Waals surface area contributed by atoms with Gasteiger partial charge in [-0.2, -0.15) is 0 Å². The SMILES string of the molecule is CC(C)(C)OC(=O)ON1Cc2cc(Cl)ccc2-n2c(nnc2[C@H]2CC[C@@H](Oc3ccccn3)CC2)C1. The maximum absolute atomic E-state index is 12.4. The minimum Gasteiger partial charge on any atom is -0.474 e. The lowest BCUT2D eigenvalue weighted by Crippen LogP contribution is -2.31. The minimum absolute atomic E-state index is 0.131. The number of aromatic nitrogens is 4. The molecule has 0 bridgehead atoms. The van der Waals surface area contributed by atoms with Crippen molar-refractivity contribution in [2.75, 3.05) is 0 Å². The highest BCUT2D eigenvalue weighted by atomic mass is 35.5. The van der Waals surface area contributed by atoms with E-state index in [1.807, 2.05) is 36.4 Å². The number of rotatable bonds is 4. The minimum atomic E-state index is -0.759. The largest absolute Gasteiger partial charge is 0.528 e. The van der Waals surface area contributed by atoms with Crippen molar-refractivity contribution in [1.29, 1.82) is 0 Å². The predicted octanol–water partition coefficient (Wildman–Crippen LogP) is 5.60. The van der Waals surface area contributed by atoms with Gasteiger partial charge < -0.3 is 14.3 Å². The van der Waals surface area contributed by atoms with Crippen LogP contribution in [0, 0.1) is 0 Å². The molecule has 3 aromatic rings. The number of nitrogens with zero attached hydrogens (tertiary/aromatic N) is 5. The Bertz CT molecular complexity index is 1220. The van der Waals surface area contributed by atoms with E-state index in [0.29, 0.717) is 23.3 Å². The highest BCUT2D eigenvalue weighted by Gasteiger charge is 2.32. The number of carbonyl (C=O) groups excluding carboxylic acids is 1. The van der Waals surface area contributed by atoms with Gasteiger partial charge in [-0.15, -0.1) is 15.3 Å². The van der Waals surface area contributed by atoms with Crippen LogP contribution < -0.4 is 4.74 Å². The van der Waals surface area contributed by atoms with Gasteiger partial charge in [0.15, 0.2) is 5.82 Å². The molecule has 5 rings (SSSR count). The van der Waals surface area contributed by atoms with Gasteiger partial charge in [-0.1, -0.05) is 17.7 Å². The molecule has 1 aliphatic heterocycles. The Balaban J connectivity index is 1.36. The van der Waals surface area contributed by atoms with E-state index in [1.165, 1.54) is 5.06 Å². The second-order valence-corrected chi connectivity index (χ2v) is 10.6. The maximum atomic E-state index is 12.4. The number of hydrogen-bond donors (Lipinski definition) is 0. The number of carbonyl (C=O) groups is 1. The summed E-state index contributed by atoms with van der Waals surface area (Å²) in [5.74, 6) is 2.50. The molecule has 1 aromatic carbocycles. The predicted molar refractivity (Wildman–Crippen MR) is 133 cm³/mol. The fourth-order valence-corrected chi connectivity index (χ4v) is 4.92. The van der Waals surface area contributed by atoms with E-state index in [2.05, 4.69) is 19.7 Å². The van der Waals surface area contributed by atoms with E-state index in [9.17, 15) is 4.79 Å².